The third kappa shape index (κ3) is 7.00. The van der Waals surface area contributed by atoms with Gasteiger partial charge < -0.3 is 33.7 Å². The highest BCUT2D eigenvalue weighted by Gasteiger charge is 2.39. The Bertz CT molecular complexity index is 675. The molecule has 1 amide bonds. The minimum atomic E-state index is -0.519. The van der Waals surface area contributed by atoms with Gasteiger partial charge in [0.25, 0.3) is 5.91 Å². The Kier molecular flexibility index (Phi) is 10.2. The Morgan fingerprint density at radius 3 is 2.68 bits per heavy atom. The highest BCUT2D eigenvalue weighted by molar-refractivity contribution is 7.08. The van der Waals surface area contributed by atoms with Gasteiger partial charge in [-0.15, -0.1) is 0 Å². The summed E-state index contributed by atoms with van der Waals surface area (Å²) in [7, 11) is 0. The number of carbonyl (C=O) groups is 1. The molecular weight excluding hydrogens is 422 g/mol. The summed E-state index contributed by atoms with van der Waals surface area (Å²) in [5, 5.41) is 12.9. The average molecular weight is 456 g/mol. The Morgan fingerprint density at radius 1 is 1.23 bits per heavy atom. The van der Waals surface area contributed by atoms with Crippen LogP contribution in [0.2, 0.25) is 0 Å². The van der Waals surface area contributed by atoms with Crippen LogP contribution in [0.3, 0.4) is 0 Å². The van der Waals surface area contributed by atoms with Crippen LogP contribution in [0.15, 0.2) is 28.7 Å². The summed E-state index contributed by atoms with van der Waals surface area (Å²) < 4.78 is 28.3. The lowest BCUT2D eigenvalue weighted by Crippen LogP contribution is -2.44. The maximum absolute atomic E-state index is 13.1. The minimum Gasteiger partial charge on any atom is -0.459 e. The van der Waals surface area contributed by atoms with E-state index in [1.54, 1.807) is 16.2 Å². The van der Waals surface area contributed by atoms with Crippen molar-refractivity contribution >= 4 is 17.2 Å². The van der Waals surface area contributed by atoms with Crippen LogP contribution < -0.4 is 0 Å². The van der Waals surface area contributed by atoms with Crippen molar-refractivity contribution in [3.05, 3.63) is 34.2 Å². The standard InChI is InChI=1S/C22H33NO7S/c1-2-29-22-18(3-8-26-12-13-28-11-7-24)19(17-4-14-31-16-17)15-20(30-22)21(25)23-5-9-27-10-6-23/h4,14-16,18-19,22,24H,2-3,5-13H2,1H3. The number of aliphatic hydroxyl groups is 1. The number of ether oxygens (including phenoxy) is 5. The van der Waals surface area contributed by atoms with Gasteiger partial charge >= 0.3 is 0 Å². The second-order valence-corrected chi connectivity index (χ2v) is 8.14. The molecule has 3 heterocycles. The van der Waals surface area contributed by atoms with Gasteiger partial charge in [0.05, 0.1) is 39.6 Å². The first-order valence-corrected chi connectivity index (χ1v) is 11.8. The second kappa shape index (κ2) is 13.1. The Labute approximate surface area is 187 Å². The normalized spacial score (nSPS) is 24.0. The fourth-order valence-corrected chi connectivity index (χ4v) is 4.51. The largest absolute Gasteiger partial charge is 0.459 e. The molecule has 3 rings (SSSR count). The van der Waals surface area contributed by atoms with Crippen molar-refractivity contribution in [1.82, 2.24) is 4.90 Å². The number of allylic oxidation sites excluding steroid dienone is 1. The molecule has 0 spiro atoms. The Hall–Kier alpha value is -1.49. The molecule has 3 atom stereocenters. The van der Waals surface area contributed by atoms with Crippen molar-refractivity contribution in [3.63, 3.8) is 0 Å². The molecule has 1 aromatic heterocycles. The lowest BCUT2D eigenvalue weighted by atomic mass is 9.82. The highest BCUT2D eigenvalue weighted by atomic mass is 32.1. The fraction of sp³-hybridized carbons (Fsp3) is 0.682. The number of rotatable bonds is 12. The van der Waals surface area contributed by atoms with Crippen molar-refractivity contribution in [2.45, 2.75) is 25.6 Å². The lowest BCUT2D eigenvalue weighted by Gasteiger charge is -2.38. The van der Waals surface area contributed by atoms with Crippen LogP contribution in [0.1, 0.15) is 24.8 Å². The number of hydrogen-bond acceptors (Lipinski definition) is 8. The van der Waals surface area contributed by atoms with Gasteiger partial charge in [-0.05, 0) is 41.8 Å². The summed E-state index contributed by atoms with van der Waals surface area (Å²) in [4.78, 5) is 14.9. The molecule has 0 saturated carbocycles. The molecular formula is C22H33NO7S. The van der Waals surface area contributed by atoms with Gasteiger partial charge in [0.15, 0.2) is 5.76 Å². The van der Waals surface area contributed by atoms with Gasteiger partial charge in [0.2, 0.25) is 6.29 Å². The number of carbonyl (C=O) groups excluding carboxylic acids is 1. The molecule has 174 valence electrons. The van der Waals surface area contributed by atoms with E-state index in [-0.39, 0.29) is 24.3 Å². The van der Waals surface area contributed by atoms with Gasteiger partial charge in [-0.25, -0.2) is 0 Å². The van der Waals surface area contributed by atoms with Gasteiger partial charge in [0.1, 0.15) is 0 Å². The number of hydrogen-bond donors (Lipinski definition) is 1. The summed E-state index contributed by atoms with van der Waals surface area (Å²) >= 11 is 1.64. The van der Waals surface area contributed by atoms with E-state index in [0.29, 0.717) is 65.1 Å². The Morgan fingerprint density at radius 2 is 2.00 bits per heavy atom. The van der Waals surface area contributed by atoms with Gasteiger partial charge in [0, 0.05) is 38.1 Å². The summed E-state index contributed by atoms with van der Waals surface area (Å²) in [6.07, 6.45) is 2.15. The summed E-state index contributed by atoms with van der Waals surface area (Å²) in [5.74, 6) is 0.273. The van der Waals surface area contributed by atoms with E-state index in [0.717, 1.165) is 12.0 Å². The van der Waals surface area contributed by atoms with Crippen LogP contribution in [-0.2, 0) is 28.5 Å². The van der Waals surface area contributed by atoms with E-state index in [4.69, 9.17) is 28.8 Å². The molecule has 0 aromatic carbocycles. The van der Waals surface area contributed by atoms with Gasteiger partial charge in [-0.2, -0.15) is 11.3 Å². The number of thiophene rings is 1. The first-order valence-electron chi connectivity index (χ1n) is 10.9. The number of morpholine rings is 1. The maximum atomic E-state index is 13.1. The van der Waals surface area contributed by atoms with E-state index in [9.17, 15) is 4.79 Å². The van der Waals surface area contributed by atoms with E-state index in [1.165, 1.54) is 0 Å². The topological polar surface area (TPSA) is 86.7 Å². The van der Waals surface area contributed by atoms with Crippen LogP contribution >= 0.6 is 11.3 Å². The molecule has 3 unspecified atom stereocenters. The summed E-state index contributed by atoms with van der Waals surface area (Å²) in [6.45, 7) is 6.41. The predicted octanol–water partition coefficient (Wildman–Crippen LogP) is 2.00. The molecule has 0 radical (unpaired) electrons. The van der Waals surface area contributed by atoms with Crippen LogP contribution in [-0.4, -0.2) is 88.1 Å². The molecule has 9 heteroatoms. The first kappa shape index (κ1) is 24.2. The van der Waals surface area contributed by atoms with Crippen LogP contribution in [0, 0.1) is 5.92 Å². The molecule has 8 nitrogen and oxygen atoms in total. The molecule has 0 aliphatic carbocycles. The van der Waals surface area contributed by atoms with E-state index in [1.807, 2.05) is 18.4 Å². The first-order chi connectivity index (χ1) is 15.2. The molecule has 0 bridgehead atoms. The van der Waals surface area contributed by atoms with Crippen molar-refractivity contribution in [3.8, 4) is 0 Å². The van der Waals surface area contributed by atoms with Crippen molar-refractivity contribution in [2.24, 2.45) is 5.92 Å². The van der Waals surface area contributed by atoms with E-state index in [2.05, 4.69) is 11.4 Å². The summed E-state index contributed by atoms with van der Waals surface area (Å²) in [6, 6.07) is 2.09. The van der Waals surface area contributed by atoms with E-state index >= 15 is 0 Å². The fourth-order valence-electron chi connectivity index (χ4n) is 3.80. The zero-order valence-corrected chi connectivity index (χ0v) is 18.9. The number of aliphatic hydroxyl groups excluding tert-OH is 1. The van der Waals surface area contributed by atoms with Crippen molar-refractivity contribution in [2.75, 3.05) is 65.9 Å². The van der Waals surface area contributed by atoms with Gasteiger partial charge in [-0.3, -0.25) is 4.79 Å². The number of amides is 1. The molecule has 1 fully saturated rings. The van der Waals surface area contributed by atoms with Crippen LogP contribution in [0.25, 0.3) is 0 Å². The van der Waals surface area contributed by atoms with Gasteiger partial charge in [-0.1, -0.05) is 0 Å². The molecule has 31 heavy (non-hydrogen) atoms. The Balaban J connectivity index is 1.69. The quantitative estimate of drug-likeness (QED) is 0.483. The lowest BCUT2D eigenvalue weighted by molar-refractivity contribution is -0.173. The van der Waals surface area contributed by atoms with Crippen LogP contribution in [0.4, 0.5) is 0 Å². The zero-order chi connectivity index (χ0) is 21.9. The van der Waals surface area contributed by atoms with Crippen molar-refractivity contribution < 1.29 is 33.6 Å². The predicted molar refractivity (Wildman–Crippen MR) is 116 cm³/mol. The zero-order valence-electron chi connectivity index (χ0n) is 18.1. The maximum Gasteiger partial charge on any atom is 0.288 e. The molecule has 1 aromatic rings. The smallest absolute Gasteiger partial charge is 0.288 e. The SMILES string of the molecule is CCOC1OC(C(=O)N2CCOCC2)=CC(c2ccsc2)C1CCOCCOCCO. The third-order valence-electron chi connectivity index (χ3n) is 5.36. The summed E-state index contributed by atoms with van der Waals surface area (Å²) in [5.41, 5.74) is 1.15. The molecule has 2 aliphatic heterocycles. The molecule has 2 aliphatic rings. The van der Waals surface area contributed by atoms with Crippen LogP contribution in [0.5, 0.6) is 0 Å². The average Bonchev–Trinajstić information content (AvgIpc) is 3.34. The third-order valence-corrected chi connectivity index (χ3v) is 6.06. The highest BCUT2D eigenvalue weighted by Crippen LogP contribution is 2.39. The van der Waals surface area contributed by atoms with E-state index < -0.39 is 6.29 Å². The number of nitrogens with zero attached hydrogens (tertiary/aromatic N) is 1. The second-order valence-electron chi connectivity index (χ2n) is 7.36. The monoisotopic (exact) mass is 455 g/mol. The van der Waals surface area contributed by atoms with Crippen molar-refractivity contribution in [1.29, 1.82) is 0 Å². The molecule has 1 N–H and O–H groups in total. The minimum absolute atomic E-state index is 0.00535. The molecule has 1 saturated heterocycles.